The Morgan fingerprint density at radius 1 is 1.38 bits per heavy atom. The summed E-state index contributed by atoms with van der Waals surface area (Å²) in [5.74, 6) is -0.745. The molecule has 0 saturated heterocycles. The Balaban J connectivity index is 3.03. The second-order valence-corrected chi connectivity index (χ2v) is 3.73. The third kappa shape index (κ3) is 2.69. The van der Waals surface area contributed by atoms with Crippen LogP contribution in [0.5, 0.6) is 5.75 Å². The second kappa shape index (κ2) is 5.25. The van der Waals surface area contributed by atoms with E-state index in [1.807, 2.05) is 0 Å². The number of hydrogen-bond donors (Lipinski definition) is 4. The van der Waals surface area contributed by atoms with Crippen molar-refractivity contribution < 1.29 is 19.7 Å². The van der Waals surface area contributed by atoms with Gasteiger partial charge in [-0.25, -0.2) is 4.39 Å². The lowest BCUT2D eigenvalue weighted by Gasteiger charge is -2.19. The second-order valence-electron chi connectivity index (χ2n) is 3.73. The summed E-state index contributed by atoms with van der Waals surface area (Å²) in [7, 11) is 1.62. The average molecular weight is 229 g/mol. The summed E-state index contributed by atoms with van der Waals surface area (Å²) in [5.41, 5.74) is 0.325. The Hall–Kier alpha value is -1.17. The first-order valence-corrected chi connectivity index (χ1v) is 4.97. The number of phenols is 1. The van der Waals surface area contributed by atoms with E-state index in [2.05, 4.69) is 5.32 Å². The Bertz CT molecular complexity index is 370. The highest BCUT2D eigenvalue weighted by molar-refractivity contribution is 5.41. The molecular weight excluding hydrogens is 213 g/mol. The first kappa shape index (κ1) is 12.9. The highest BCUT2D eigenvalue weighted by atomic mass is 19.1. The Morgan fingerprint density at radius 2 is 2.00 bits per heavy atom. The number of aliphatic hydroxyl groups is 2. The van der Waals surface area contributed by atoms with Gasteiger partial charge in [-0.2, -0.15) is 0 Å². The molecule has 5 heteroatoms. The summed E-state index contributed by atoms with van der Waals surface area (Å²) in [6.07, 6.45) is -2.42. The number of aromatic hydroxyl groups is 1. The van der Waals surface area contributed by atoms with E-state index >= 15 is 0 Å². The van der Waals surface area contributed by atoms with Gasteiger partial charge in [0.05, 0.1) is 6.10 Å². The van der Waals surface area contributed by atoms with Gasteiger partial charge in [-0.1, -0.05) is 0 Å². The van der Waals surface area contributed by atoms with Gasteiger partial charge >= 0.3 is 0 Å². The van der Waals surface area contributed by atoms with Gasteiger partial charge in [0.15, 0.2) is 0 Å². The lowest BCUT2D eigenvalue weighted by Crippen LogP contribution is -2.29. The molecule has 0 aromatic heterocycles. The lowest BCUT2D eigenvalue weighted by atomic mass is 10.0. The summed E-state index contributed by atoms with van der Waals surface area (Å²) < 4.78 is 13.1. The van der Waals surface area contributed by atoms with Crippen molar-refractivity contribution in [2.45, 2.75) is 19.1 Å². The molecule has 0 heterocycles. The molecule has 0 bridgehead atoms. The monoisotopic (exact) mass is 229 g/mol. The molecule has 1 aromatic rings. The third-order valence-corrected chi connectivity index (χ3v) is 2.39. The van der Waals surface area contributed by atoms with Crippen molar-refractivity contribution in [3.8, 4) is 5.75 Å². The van der Waals surface area contributed by atoms with Crippen LogP contribution in [0.25, 0.3) is 0 Å². The number of nitrogens with one attached hydrogen (secondary N) is 1. The molecule has 90 valence electrons. The Morgan fingerprint density at radius 3 is 2.56 bits per heavy atom. The number of rotatable bonds is 4. The van der Waals surface area contributed by atoms with Crippen LogP contribution in [-0.2, 0) is 0 Å². The van der Waals surface area contributed by atoms with E-state index in [9.17, 15) is 19.7 Å². The number of aryl methyl sites for hydroxylation is 1. The fraction of sp³-hybridized carbons (Fsp3) is 0.455. The fourth-order valence-electron chi connectivity index (χ4n) is 1.51. The largest absolute Gasteiger partial charge is 0.507 e. The molecule has 0 saturated carbocycles. The zero-order valence-electron chi connectivity index (χ0n) is 9.24. The van der Waals surface area contributed by atoms with Crippen molar-refractivity contribution in [1.82, 2.24) is 5.32 Å². The lowest BCUT2D eigenvalue weighted by molar-refractivity contribution is 0.0187. The van der Waals surface area contributed by atoms with Crippen molar-refractivity contribution in [3.63, 3.8) is 0 Å². The van der Waals surface area contributed by atoms with Crippen LogP contribution in [0, 0.1) is 12.7 Å². The normalized spacial score (nSPS) is 14.8. The molecule has 0 fully saturated rings. The maximum atomic E-state index is 13.1. The number of hydrogen-bond acceptors (Lipinski definition) is 4. The standard InChI is InChI=1S/C11H16FNO3/c1-6-3-7(12)4-8(10(6)15)11(16)9(14)5-13-2/h3-4,9,11,13-16H,5H2,1-2H3. The number of phenolic OH excluding ortho intramolecular Hbond substituents is 1. The van der Waals surface area contributed by atoms with Gasteiger partial charge in [-0.05, 0) is 31.7 Å². The van der Waals surface area contributed by atoms with E-state index in [1.165, 1.54) is 6.92 Å². The SMILES string of the molecule is CNCC(O)C(O)c1cc(F)cc(C)c1O. The molecule has 1 aromatic carbocycles. The van der Waals surface area contributed by atoms with E-state index in [0.717, 1.165) is 12.1 Å². The van der Waals surface area contributed by atoms with Crippen LogP contribution in [-0.4, -0.2) is 35.0 Å². The summed E-state index contributed by atoms with van der Waals surface area (Å²) >= 11 is 0. The van der Waals surface area contributed by atoms with E-state index in [4.69, 9.17) is 0 Å². The van der Waals surface area contributed by atoms with Gasteiger partial charge in [-0.15, -0.1) is 0 Å². The zero-order valence-corrected chi connectivity index (χ0v) is 9.24. The smallest absolute Gasteiger partial charge is 0.124 e. The van der Waals surface area contributed by atoms with E-state index in [-0.39, 0.29) is 17.9 Å². The molecule has 4 N–H and O–H groups in total. The van der Waals surface area contributed by atoms with Gasteiger partial charge in [0, 0.05) is 12.1 Å². The summed E-state index contributed by atoms with van der Waals surface area (Å²) in [4.78, 5) is 0. The number of benzene rings is 1. The molecule has 2 unspecified atom stereocenters. The molecule has 1 rings (SSSR count). The van der Waals surface area contributed by atoms with Crippen LogP contribution in [0.15, 0.2) is 12.1 Å². The van der Waals surface area contributed by atoms with Crippen molar-refractivity contribution >= 4 is 0 Å². The van der Waals surface area contributed by atoms with Gasteiger partial charge in [0.1, 0.15) is 17.7 Å². The minimum Gasteiger partial charge on any atom is -0.507 e. The molecule has 0 aliphatic heterocycles. The fourth-order valence-corrected chi connectivity index (χ4v) is 1.51. The summed E-state index contributed by atoms with van der Waals surface area (Å²) in [6.45, 7) is 1.68. The predicted octanol–water partition coefficient (Wildman–Crippen LogP) is 0.453. The van der Waals surface area contributed by atoms with Crippen LogP contribution in [0.2, 0.25) is 0 Å². The van der Waals surface area contributed by atoms with Crippen molar-refractivity contribution in [1.29, 1.82) is 0 Å². The van der Waals surface area contributed by atoms with Crippen LogP contribution in [0.1, 0.15) is 17.2 Å². The maximum Gasteiger partial charge on any atom is 0.124 e. The van der Waals surface area contributed by atoms with Crippen molar-refractivity contribution in [3.05, 3.63) is 29.1 Å². The Labute approximate surface area is 93.4 Å². The number of likely N-dealkylation sites (N-methyl/N-ethyl adjacent to an activating group) is 1. The van der Waals surface area contributed by atoms with Gasteiger partial charge in [-0.3, -0.25) is 0 Å². The summed E-state index contributed by atoms with van der Waals surface area (Å²) in [5, 5.41) is 31.6. The minimum absolute atomic E-state index is 0.000231. The molecule has 0 spiro atoms. The zero-order chi connectivity index (χ0) is 12.3. The minimum atomic E-state index is -1.32. The quantitative estimate of drug-likeness (QED) is 0.605. The van der Waals surface area contributed by atoms with E-state index in [0.29, 0.717) is 5.56 Å². The molecule has 0 aliphatic rings. The molecule has 16 heavy (non-hydrogen) atoms. The Kier molecular flexibility index (Phi) is 4.23. The first-order valence-electron chi connectivity index (χ1n) is 4.97. The number of halogens is 1. The topological polar surface area (TPSA) is 72.7 Å². The van der Waals surface area contributed by atoms with Crippen LogP contribution >= 0.6 is 0 Å². The van der Waals surface area contributed by atoms with E-state index in [1.54, 1.807) is 7.05 Å². The molecule has 0 radical (unpaired) electrons. The third-order valence-electron chi connectivity index (χ3n) is 2.39. The van der Waals surface area contributed by atoms with Crippen molar-refractivity contribution in [2.75, 3.05) is 13.6 Å². The highest BCUT2D eigenvalue weighted by Gasteiger charge is 2.22. The molecule has 0 amide bonds. The highest BCUT2D eigenvalue weighted by Crippen LogP contribution is 2.30. The number of aliphatic hydroxyl groups excluding tert-OH is 2. The first-order chi connectivity index (χ1) is 7.47. The summed E-state index contributed by atoms with van der Waals surface area (Å²) in [6, 6.07) is 2.18. The average Bonchev–Trinajstić information content (AvgIpc) is 2.22. The molecular formula is C11H16FNO3. The van der Waals surface area contributed by atoms with E-state index < -0.39 is 18.0 Å². The van der Waals surface area contributed by atoms with Gasteiger partial charge in [0.2, 0.25) is 0 Å². The van der Waals surface area contributed by atoms with Crippen LogP contribution in [0.3, 0.4) is 0 Å². The maximum absolute atomic E-state index is 13.1. The molecule has 2 atom stereocenters. The predicted molar refractivity (Wildman–Crippen MR) is 57.7 cm³/mol. The molecule has 4 nitrogen and oxygen atoms in total. The van der Waals surface area contributed by atoms with Crippen LogP contribution < -0.4 is 5.32 Å². The molecule has 0 aliphatic carbocycles. The van der Waals surface area contributed by atoms with Crippen molar-refractivity contribution in [2.24, 2.45) is 0 Å². The van der Waals surface area contributed by atoms with Gasteiger partial charge in [0.25, 0.3) is 0 Å². The van der Waals surface area contributed by atoms with Gasteiger partial charge < -0.3 is 20.6 Å². The van der Waals surface area contributed by atoms with Crippen LogP contribution in [0.4, 0.5) is 4.39 Å².